The van der Waals surface area contributed by atoms with E-state index in [4.69, 9.17) is 0 Å². The molecule has 2 N–H and O–H groups in total. The van der Waals surface area contributed by atoms with Gasteiger partial charge in [0.2, 0.25) is 0 Å². The number of likely N-dealkylation sites (tertiary alicyclic amines) is 1. The predicted octanol–water partition coefficient (Wildman–Crippen LogP) is 2.50. The van der Waals surface area contributed by atoms with Crippen LogP contribution in [0, 0.1) is 0 Å². The van der Waals surface area contributed by atoms with Crippen LogP contribution in [0.3, 0.4) is 0 Å². The molecule has 0 aliphatic carbocycles. The van der Waals surface area contributed by atoms with E-state index in [0.717, 1.165) is 28.9 Å². The van der Waals surface area contributed by atoms with Crippen LogP contribution in [0.25, 0.3) is 0 Å². The molecule has 1 saturated heterocycles. The number of hydrogen-bond donors (Lipinski definition) is 2. The van der Waals surface area contributed by atoms with Gasteiger partial charge in [-0.15, -0.1) is 11.3 Å². The Bertz CT molecular complexity index is 650. The lowest BCUT2D eigenvalue weighted by Crippen LogP contribution is -3.13. The number of nitrogens with one attached hydrogen (secondary N) is 2. The van der Waals surface area contributed by atoms with Gasteiger partial charge in [-0.3, -0.25) is 10.1 Å². The van der Waals surface area contributed by atoms with Crippen LogP contribution in [-0.2, 0) is 11.2 Å². The maximum Gasteiger partial charge on any atom is 0.281 e. The fraction of sp³-hybridized carbons (Fsp3) is 0.412. The zero-order valence-electron chi connectivity index (χ0n) is 13.0. The molecule has 0 bridgehead atoms. The van der Waals surface area contributed by atoms with Gasteiger partial charge in [0.1, 0.15) is 0 Å². The number of aromatic nitrogens is 1. The van der Waals surface area contributed by atoms with Gasteiger partial charge in [-0.1, -0.05) is 28.1 Å². The van der Waals surface area contributed by atoms with Gasteiger partial charge in [0.25, 0.3) is 5.91 Å². The fourth-order valence-corrected chi connectivity index (χ4v) is 4.00. The van der Waals surface area contributed by atoms with Crippen LogP contribution in [0.5, 0.6) is 0 Å². The van der Waals surface area contributed by atoms with Crippen molar-refractivity contribution in [1.82, 2.24) is 4.98 Å². The molecule has 6 heteroatoms. The number of halogens is 1. The van der Waals surface area contributed by atoms with Crippen molar-refractivity contribution in [2.75, 3.05) is 25.0 Å². The second-order valence-electron chi connectivity index (χ2n) is 5.97. The van der Waals surface area contributed by atoms with Gasteiger partial charge in [-0.25, -0.2) is 4.98 Å². The van der Waals surface area contributed by atoms with Crippen LogP contribution < -0.4 is 10.2 Å². The molecule has 0 unspecified atom stereocenters. The molecule has 1 fully saturated rings. The molecule has 122 valence electrons. The van der Waals surface area contributed by atoms with E-state index in [1.807, 2.05) is 18.3 Å². The second kappa shape index (κ2) is 8.04. The number of benzene rings is 1. The maximum absolute atomic E-state index is 12.1. The summed E-state index contributed by atoms with van der Waals surface area (Å²) in [6.07, 6.45) is 6.47. The Kier molecular flexibility index (Phi) is 5.80. The number of amides is 1. The number of piperidine rings is 1. The minimum atomic E-state index is 0.0754. The molecule has 1 aromatic heterocycles. The summed E-state index contributed by atoms with van der Waals surface area (Å²) in [5, 5.41) is 3.65. The van der Waals surface area contributed by atoms with Crippen LogP contribution in [0.15, 0.2) is 34.9 Å². The van der Waals surface area contributed by atoms with Gasteiger partial charge in [-0.05, 0) is 37.0 Å². The van der Waals surface area contributed by atoms with Gasteiger partial charge in [0.05, 0.1) is 13.1 Å². The van der Waals surface area contributed by atoms with E-state index in [9.17, 15) is 4.79 Å². The number of rotatable bonds is 5. The van der Waals surface area contributed by atoms with E-state index in [-0.39, 0.29) is 5.91 Å². The summed E-state index contributed by atoms with van der Waals surface area (Å²) in [6, 6.07) is 8.28. The van der Waals surface area contributed by atoms with Crippen molar-refractivity contribution in [3.8, 4) is 0 Å². The Morgan fingerprint density at radius 1 is 1.22 bits per heavy atom. The summed E-state index contributed by atoms with van der Waals surface area (Å²) in [6.45, 7) is 2.78. The third kappa shape index (κ3) is 5.12. The molecule has 0 atom stereocenters. The normalized spacial score (nSPS) is 15.5. The highest BCUT2D eigenvalue weighted by atomic mass is 79.9. The standard InChI is InChI=1S/C17H20BrN3OS/c18-14-6-4-13(5-7-14)10-15-11-19-17(23-15)20-16(22)12-21-8-2-1-3-9-21/h4-7,11H,1-3,8-10,12H2,(H,19,20,22)/p+1. The number of hydrogen-bond acceptors (Lipinski definition) is 3. The minimum absolute atomic E-state index is 0.0754. The minimum Gasteiger partial charge on any atom is -0.327 e. The molecule has 1 aliphatic rings. The molecule has 2 aromatic rings. The molecule has 0 radical (unpaired) electrons. The molecular weight excluding hydrogens is 374 g/mol. The van der Waals surface area contributed by atoms with Crippen molar-refractivity contribution in [2.24, 2.45) is 0 Å². The van der Waals surface area contributed by atoms with E-state index < -0.39 is 0 Å². The summed E-state index contributed by atoms with van der Waals surface area (Å²) >= 11 is 5.00. The van der Waals surface area contributed by atoms with Crippen molar-refractivity contribution < 1.29 is 9.69 Å². The maximum atomic E-state index is 12.1. The summed E-state index contributed by atoms with van der Waals surface area (Å²) < 4.78 is 1.08. The quantitative estimate of drug-likeness (QED) is 0.818. The topological polar surface area (TPSA) is 46.4 Å². The number of carbonyl (C=O) groups excluding carboxylic acids is 1. The first-order valence-electron chi connectivity index (χ1n) is 8.01. The SMILES string of the molecule is O=C(C[NH+]1CCCCC1)Nc1ncc(Cc2ccc(Br)cc2)s1. The van der Waals surface area contributed by atoms with Gasteiger partial charge >= 0.3 is 0 Å². The van der Waals surface area contributed by atoms with Crippen molar-refractivity contribution in [3.05, 3.63) is 45.4 Å². The van der Waals surface area contributed by atoms with Crippen LogP contribution in [-0.4, -0.2) is 30.5 Å². The van der Waals surface area contributed by atoms with Crippen LogP contribution >= 0.6 is 27.3 Å². The van der Waals surface area contributed by atoms with Gasteiger partial charge < -0.3 is 4.90 Å². The van der Waals surface area contributed by atoms with Crippen LogP contribution in [0.4, 0.5) is 5.13 Å². The van der Waals surface area contributed by atoms with Gasteiger partial charge in [0.15, 0.2) is 11.7 Å². The van der Waals surface area contributed by atoms with Crippen molar-refractivity contribution in [1.29, 1.82) is 0 Å². The molecule has 1 amide bonds. The average Bonchev–Trinajstić information content (AvgIpc) is 2.97. The third-order valence-electron chi connectivity index (χ3n) is 4.06. The van der Waals surface area contributed by atoms with Crippen molar-refractivity contribution in [2.45, 2.75) is 25.7 Å². The van der Waals surface area contributed by atoms with E-state index in [0.29, 0.717) is 11.7 Å². The molecule has 23 heavy (non-hydrogen) atoms. The summed E-state index contributed by atoms with van der Waals surface area (Å²) in [5.41, 5.74) is 1.24. The summed E-state index contributed by atoms with van der Waals surface area (Å²) in [7, 11) is 0. The lowest BCUT2D eigenvalue weighted by atomic mass is 10.1. The Morgan fingerprint density at radius 3 is 2.70 bits per heavy atom. The lowest BCUT2D eigenvalue weighted by Gasteiger charge is -2.22. The molecule has 2 heterocycles. The summed E-state index contributed by atoms with van der Waals surface area (Å²) in [4.78, 5) is 19.0. The lowest BCUT2D eigenvalue weighted by molar-refractivity contribution is -0.896. The number of thiazole rings is 1. The molecule has 4 nitrogen and oxygen atoms in total. The molecule has 1 aromatic carbocycles. The smallest absolute Gasteiger partial charge is 0.281 e. The first kappa shape index (κ1) is 16.6. The van der Waals surface area contributed by atoms with E-state index in [2.05, 4.69) is 38.4 Å². The third-order valence-corrected chi connectivity index (χ3v) is 5.50. The number of quaternary nitrogens is 1. The summed E-state index contributed by atoms with van der Waals surface area (Å²) in [5.74, 6) is 0.0754. The monoisotopic (exact) mass is 394 g/mol. The number of nitrogens with zero attached hydrogens (tertiary/aromatic N) is 1. The molecule has 1 aliphatic heterocycles. The molecule has 0 spiro atoms. The predicted molar refractivity (Wildman–Crippen MR) is 97.1 cm³/mol. The number of carbonyl (C=O) groups is 1. The molecule has 3 rings (SSSR count). The Hall–Kier alpha value is -1.24. The number of anilines is 1. The largest absolute Gasteiger partial charge is 0.327 e. The highest BCUT2D eigenvalue weighted by Crippen LogP contribution is 2.21. The average molecular weight is 395 g/mol. The molecular formula is C17H21BrN3OS+. The zero-order valence-corrected chi connectivity index (χ0v) is 15.4. The van der Waals surface area contributed by atoms with Crippen molar-refractivity contribution >= 4 is 38.3 Å². The van der Waals surface area contributed by atoms with E-state index >= 15 is 0 Å². The first-order valence-corrected chi connectivity index (χ1v) is 9.62. The van der Waals surface area contributed by atoms with E-state index in [1.165, 1.54) is 29.7 Å². The fourth-order valence-electron chi connectivity index (χ4n) is 2.87. The Labute approximate surface area is 149 Å². The first-order chi connectivity index (χ1) is 11.2. The Balaban J connectivity index is 1.52. The zero-order chi connectivity index (χ0) is 16.1. The van der Waals surface area contributed by atoms with Crippen LogP contribution in [0.2, 0.25) is 0 Å². The van der Waals surface area contributed by atoms with Gasteiger partial charge in [-0.2, -0.15) is 0 Å². The second-order valence-corrected chi connectivity index (χ2v) is 8.00. The van der Waals surface area contributed by atoms with Crippen LogP contribution in [0.1, 0.15) is 29.7 Å². The van der Waals surface area contributed by atoms with E-state index in [1.54, 1.807) is 11.3 Å². The Morgan fingerprint density at radius 2 is 1.96 bits per heavy atom. The molecule has 0 saturated carbocycles. The van der Waals surface area contributed by atoms with Crippen molar-refractivity contribution in [3.63, 3.8) is 0 Å². The highest BCUT2D eigenvalue weighted by Gasteiger charge is 2.18. The van der Waals surface area contributed by atoms with Gasteiger partial charge in [0, 0.05) is 22.0 Å². The highest BCUT2D eigenvalue weighted by molar-refractivity contribution is 9.10.